The second-order valence-electron chi connectivity index (χ2n) is 7.32. The van der Waals surface area contributed by atoms with Crippen molar-refractivity contribution in [3.63, 3.8) is 0 Å². The maximum atomic E-state index is 13.0. The first-order chi connectivity index (χ1) is 12.1. The number of hydrogen-bond acceptors (Lipinski definition) is 4. The fraction of sp³-hybridized carbons (Fsp3) is 0.619. The summed E-state index contributed by atoms with van der Waals surface area (Å²) in [6.45, 7) is 4.45. The number of carbonyl (C=O) groups is 2. The van der Waals surface area contributed by atoms with Crippen LogP contribution in [0.25, 0.3) is 0 Å². The third-order valence-electron chi connectivity index (χ3n) is 5.57. The van der Waals surface area contributed by atoms with Crippen molar-refractivity contribution in [1.82, 2.24) is 0 Å². The van der Waals surface area contributed by atoms with Crippen LogP contribution < -0.4 is 0 Å². The molecular formula is C21H28O3S. The van der Waals surface area contributed by atoms with Crippen LogP contribution in [0.1, 0.15) is 74.2 Å². The number of unbranched alkanes of at least 4 members (excludes halogenated alkanes) is 1. The van der Waals surface area contributed by atoms with Crippen molar-refractivity contribution in [3.8, 4) is 0 Å². The fourth-order valence-corrected chi connectivity index (χ4v) is 5.19. The molecule has 0 bridgehead atoms. The second kappa shape index (κ2) is 8.39. The molecule has 1 aromatic rings. The van der Waals surface area contributed by atoms with Gasteiger partial charge in [-0.05, 0) is 49.8 Å². The Morgan fingerprint density at radius 1 is 1.32 bits per heavy atom. The van der Waals surface area contributed by atoms with E-state index >= 15 is 0 Å². The summed E-state index contributed by atoms with van der Waals surface area (Å²) in [5.41, 5.74) is 1.81. The SMILES string of the molecule is CCCCOC(=O)C(C)c1ccc2c(c1)SC[C@@H]1CCCC[C@H]1C2=O. The summed E-state index contributed by atoms with van der Waals surface area (Å²) in [6.07, 6.45) is 6.54. The lowest BCUT2D eigenvalue weighted by molar-refractivity contribution is -0.145. The molecule has 0 saturated heterocycles. The molecule has 3 atom stereocenters. The molecule has 25 heavy (non-hydrogen) atoms. The zero-order valence-corrected chi connectivity index (χ0v) is 16.1. The van der Waals surface area contributed by atoms with E-state index in [9.17, 15) is 9.59 Å². The molecule has 0 N–H and O–H groups in total. The molecule has 0 spiro atoms. The fourth-order valence-electron chi connectivity index (χ4n) is 3.86. The van der Waals surface area contributed by atoms with Crippen LogP contribution in [0.3, 0.4) is 0 Å². The predicted octanol–water partition coefficient (Wildman–Crippen LogP) is 5.23. The van der Waals surface area contributed by atoms with Crippen molar-refractivity contribution in [1.29, 1.82) is 0 Å². The Hall–Kier alpha value is -1.29. The number of thioether (sulfide) groups is 1. The highest BCUT2D eigenvalue weighted by Crippen LogP contribution is 2.42. The topological polar surface area (TPSA) is 43.4 Å². The van der Waals surface area contributed by atoms with Gasteiger partial charge in [0, 0.05) is 22.1 Å². The van der Waals surface area contributed by atoms with E-state index in [0.717, 1.165) is 41.0 Å². The van der Waals surface area contributed by atoms with Crippen LogP contribution in [0.2, 0.25) is 0 Å². The van der Waals surface area contributed by atoms with Gasteiger partial charge in [0.1, 0.15) is 0 Å². The standard InChI is InChI=1S/C21H28O3S/c1-3-4-11-24-21(23)14(2)15-9-10-18-19(12-15)25-13-16-7-5-6-8-17(16)20(18)22/h9-10,12,14,16-17H,3-8,11,13H2,1-2H3/t14?,16-,17+/m0/s1. The van der Waals surface area contributed by atoms with Crippen LogP contribution in [0.15, 0.2) is 23.1 Å². The number of ketones is 1. The smallest absolute Gasteiger partial charge is 0.313 e. The first kappa shape index (κ1) is 18.5. The number of hydrogen-bond donors (Lipinski definition) is 0. The summed E-state index contributed by atoms with van der Waals surface area (Å²) in [5.74, 6) is 1.58. The summed E-state index contributed by atoms with van der Waals surface area (Å²) in [7, 11) is 0. The Morgan fingerprint density at radius 2 is 2.12 bits per heavy atom. The summed E-state index contributed by atoms with van der Waals surface area (Å²) < 4.78 is 5.35. The Morgan fingerprint density at radius 3 is 2.92 bits per heavy atom. The second-order valence-corrected chi connectivity index (χ2v) is 8.39. The minimum atomic E-state index is -0.289. The van der Waals surface area contributed by atoms with Gasteiger partial charge in [0.25, 0.3) is 0 Å². The third-order valence-corrected chi connectivity index (χ3v) is 6.81. The summed E-state index contributed by atoms with van der Waals surface area (Å²) in [4.78, 5) is 26.2. The first-order valence-corrected chi connectivity index (χ1v) is 10.6. The lowest BCUT2D eigenvalue weighted by atomic mass is 9.76. The molecule has 1 unspecified atom stereocenters. The van der Waals surface area contributed by atoms with E-state index in [0.29, 0.717) is 18.3 Å². The highest BCUT2D eigenvalue weighted by atomic mass is 32.2. The van der Waals surface area contributed by atoms with Crippen LogP contribution in [-0.4, -0.2) is 24.1 Å². The maximum absolute atomic E-state index is 13.0. The van der Waals surface area contributed by atoms with Gasteiger partial charge in [-0.1, -0.05) is 32.3 Å². The van der Waals surface area contributed by atoms with E-state index in [1.807, 2.05) is 25.1 Å². The Bertz CT molecular complexity index is 640. The van der Waals surface area contributed by atoms with Gasteiger partial charge >= 0.3 is 5.97 Å². The van der Waals surface area contributed by atoms with Gasteiger partial charge in [0.15, 0.2) is 5.78 Å². The summed E-state index contributed by atoms with van der Waals surface area (Å²) in [5, 5.41) is 0. The van der Waals surface area contributed by atoms with Crippen LogP contribution >= 0.6 is 11.8 Å². The number of benzene rings is 1. The number of carbonyl (C=O) groups excluding carboxylic acids is 2. The molecule has 0 radical (unpaired) electrons. The molecule has 1 aliphatic carbocycles. The zero-order chi connectivity index (χ0) is 17.8. The van der Waals surface area contributed by atoms with Crippen LogP contribution in [0.5, 0.6) is 0 Å². The zero-order valence-electron chi connectivity index (χ0n) is 15.3. The lowest BCUT2D eigenvalue weighted by Crippen LogP contribution is -2.27. The molecule has 0 aromatic heterocycles. The molecule has 136 valence electrons. The van der Waals surface area contributed by atoms with Gasteiger partial charge in [-0.25, -0.2) is 0 Å². The molecule has 0 amide bonds. The Balaban J connectivity index is 1.77. The molecule has 1 aromatic carbocycles. The van der Waals surface area contributed by atoms with Gasteiger partial charge in [0.05, 0.1) is 12.5 Å². The number of rotatable bonds is 5. The van der Waals surface area contributed by atoms with Gasteiger partial charge in [0.2, 0.25) is 0 Å². The van der Waals surface area contributed by atoms with Crippen LogP contribution in [0.4, 0.5) is 0 Å². The van der Waals surface area contributed by atoms with Crippen molar-refractivity contribution < 1.29 is 14.3 Å². The average molecular weight is 361 g/mol. The Kier molecular flexibility index (Phi) is 6.21. The van der Waals surface area contributed by atoms with Crippen molar-refractivity contribution in [2.45, 2.75) is 63.2 Å². The van der Waals surface area contributed by atoms with Crippen molar-refractivity contribution in [2.75, 3.05) is 12.4 Å². The minimum absolute atomic E-state index is 0.174. The number of ether oxygens (including phenoxy) is 1. The van der Waals surface area contributed by atoms with Gasteiger partial charge < -0.3 is 4.74 Å². The molecule has 3 rings (SSSR count). The molecule has 1 heterocycles. The van der Waals surface area contributed by atoms with Gasteiger partial charge in [-0.3, -0.25) is 9.59 Å². The van der Waals surface area contributed by atoms with E-state index in [2.05, 4.69) is 6.92 Å². The summed E-state index contributed by atoms with van der Waals surface area (Å²) in [6, 6.07) is 5.92. The monoisotopic (exact) mass is 360 g/mol. The predicted molar refractivity (Wildman–Crippen MR) is 101 cm³/mol. The number of Topliss-reactive ketones (excluding diaryl/α,β-unsaturated/α-hetero) is 1. The van der Waals surface area contributed by atoms with Crippen molar-refractivity contribution in [3.05, 3.63) is 29.3 Å². The maximum Gasteiger partial charge on any atom is 0.313 e. The quantitative estimate of drug-likeness (QED) is 0.533. The molecule has 1 fully saturated rings. The van der Waals surface area contributed by atoms with E-state index in [-0.39, 0.29) is 17.8 Å². The minimum Gasteiger partial charge on any atom is -0.465 e. The van der Waals surface area contributed by atoms with Crippen molar-refractivity contribution in [2.24, 2.45) is 11.8 Å². The van der Waals surface area contributed by atoms with Crippen LogP contribution in [0, 0.1) is 11.8 Å². The van der Waals surface area contributed by atoms with Gasteiger partial charge in [-0.2, -0.15) is 0 Å². The molecule has 3 nitrogen and oxygen atoms in total. The van der Waals surface area contributed by atoms with E-state index in [4.69, 9.17) is 4.74 Å². The highest BCUT2D eigenvalue weighted by molar-refractivity contribution is 7.99. The lowest BCUT2D eigenvalue weighted by Gasteiger charge is -2.28. The highest BCUT2D eigenvalue weighted by Gasteiger charge is 2.35. The molecule has 4 heteroatoms. The van der Waals surface area contributed by atoms with E-state index < -0.39 is 0 Å². The summed E-state index contributed by atoms with van der Waals surface area (Å²) >= 11 is 1.79. The Labute approximate surface area is 154 Å². The average Bonchev–Trinajstić information content (AvgIpc) is 2.78. The first-order valence-electron chi connectivity index (χ1n) is 9.59. The molecule has 1 aliphatic heterocycles. The van der Waals surface area contributed by atoms with E-state index in [1.54, 1.807) is 11.8 Å². The van der Waals surface area contributed by atoms with E-state index in [1.165, 1.54) is 19.3 Å². The molecule has 2 aliphatic rings. The number of esters is 1. The van der Waals surface area contributed by atoms with Crippen molar-refractivity contribution >= 4 is 23.5 Å². The van der Waals surface area contributed by atoms with Crippen LogP contribution in [-0.2, 0) is 9.53 Å². The molecule has 1 saturated carbocycles. The number of fused-ring (bicyclic) bond motifs is 2. The third kappa shape index (κ3) is 4.11. The largest absolute Gasteiger partial charge is 0.465 e. The molecular weight excluding hydrogens is 332 g/mol. The van der Waals surface area contributed by atoms with Gasteiger partial charge in [-0.15, -0.1) is 11.8 Å². The normalized spacial score (nSPS) is 24.0.